The van der Waals surface area contributed by atoms with Gasteiger partial charge in [-0.2, -0.15) is 4.52 Å². The molecule has 0 amide bonds. The summed E-state index contributed by atoms with van der Waals surface area (Å²) in [5, 5.41) is 16.5. The van der Waals surface area contributed by atoms with E-state index in [-0.39, 0.29) is 11.9 Å². The first kappa shape index (κ1) is 19.0. The normalized spacial score (nSPS) is 17.6. The van der Waals surface area contributed by atoms with Gasteiger partial charge in [-0.05, 0) is 24.7 Å². The van der Waals surface area contributed by atoms with Crippen LogP contribution in [0, 0.1) is 0 Å². The average molecular weight is 426 g/mol. The Bertz CT molecular complexity index is 964. The summed E-state index contributed by atoms with van der Waals surface area (Å²) >= 11 is 14.1. The second-order valence-electron chi connectivity index (χ2n) is 6.77. The first-order valence-electron chi connectivity index (χ1n) is 8.92. The Balaban J connectivity index is 1.82. The lowest BCUT2D eigenvalue weighted by Crippen LogP contribution is -2.46. The van der Waals surface area contributed by atoms with Gasteiger partial charge in [0.2, 0.25) is 10.8 Å². The molecule has 1 aliphatic rings. The van der Waals surface area contributed by atoms with Crippen LogP contribution < -0.4 is 0 Å². The second-order valence-corrected chi connectivity index (χ2v) is 8.63. The fourth-order valence-electron chi connectivity index (χ4n) is 3.43. The Morgan fingerprint density at radius 3 is 2.59 bits per heavy atom. The zero-order valence-corrected chi connectivity index (χ0v) is 17.5. The molecule has 4 rings (SSSR count). The van der Waals surface area contributed by atoms with E-state index < -0.39 is 0 Å². The topological polar surface area (TPSA) is 56.9 Å². The number of aromatic hydroxyl groups is 1. The summed E-state index contributed by atoms with van der Waals surface area (Å²) in [6.45, 7) is 5.69. The highest BCUT2D eigenvalue weighted by molar-refractivity contribution is 7.17. The number of thiazole rings is 1. The van der Waals surface area contributed by atoms with Gasteiger partial charge in [-0.3, -0.25) is 4.90 Å². The van der Waals surface area contributed by atoms with Crippen LogP contribution in [0.15, 0.2) is 18.2 Å². The summed E-state index contributed by atoms with van der Waals surface area (Å²) in [7, 11) is 2.12. The molecule has 1 atom stereocenters. The number of hydrogen-bond donors (Lipinski definition) is 1. The zero-order valence-electron chi connectivity index (χ0n) is 15.2. The Morgan fingerprint density at radius 1 is 1.22 bits per heavy atom. The molecule has 1 saturated heterocycles. The summed E-state index contributed by atoms with van der Waals surface area (Å²) in [4.78, 5) is 10.7. The fourth-order valence-corrected chi connectivity index (χ4v) is 5.06. The molecule has 1 N–H and O–H groups in total. The van der Waals surface area contributed by atoms with Gasteiger partial charge in [0.25, 0.3) is 0 Å². The van der Waals surface area contributed by atoms with Gasteiger partial charge in [-0.15, -0.1) is 5.10 Å². The van der Waals surface area contributed by atoms with E-state index in [1.807, 2.05) is 19.1 Å². The highest BCUT2D eigenvalue weighted by Crippen LogP contribution is 2.42. The van der Waals surface area contributed by atoms with Gasteiger partial charge >= 0.3 is 0 Å². The number of benzene rings is 1. The average Bonchev–Trinajstić information content (AvgIpc) is 3.18. The third kappa shape index (κ3) is 3.54. The van der Waals surface area contributed by atoms with Crippen molar-refractivity contribution in [1.82, 2.24) is 24.4 Å². The molecule has 1 aliphatic heterocycles. The maximum atomic E-state index is 10.9. The number of likely N-dealkylation sites (N-methyl/N-ethyl adjacent to an activating group) is 1. The summed E-state index contributed by atoms with van der Waals surface area (Å²) in [6.07, 6.45) is 0.730. The Hall–Kier alpha value is -1.38. The third-order valence-electron chi connectivity index (χ3n) is 4.97. The minimum Gasteiger partial charge on any atom is -0.492 e. The number of piperazine rings is 1. The number of aryl methyl sites for hydroxylation is 1. The van der Waals surface area contributed by atoms with Crippen molar-refractivity contribution in [3.8, 4) is 5.88 Å². The summed E-state index contributed by atoms with van der Waals surface area (Å²) in [5.41, 5.74) is 0.932. The molecule has 0 saturated carbocycles. The molecule has 1 aromatic carbocycles. The summed E-state index contributed by atoms with van der Waals surface area (Å²) < 4.78 is 1.53. The van der Waals surface area contributed by atoms with Gasteiger partial charge in [0.15, 0.2) is 5.82 Å². The van der Waals surface area contributed by atoms with E-state index >= 15 is 0 Å². The van der Waals surface area contributed by atoms with Gasteiger partial charge in [0.1, 0.15) is 0 Å². The van der Waals surface area contributed by atoms with E-state index in [0.717, 1.165) is 48.9 Å². The predicted octanol–water partition coefficient (Wildman–Crippen LogP) is 3.70. The van der Waals surface area contributed by atoms with E-state index in [2.05, 4.69) is 26.9 Å². The standard InChI is InChI=1S/C18H21Cl2N5OS/c1-3-14-21-18-25(22-14)17(26)16(27-18)15(24-8-6-23(2)7-9-24)12-5-4-11(19)10-13(12)20/h4-5,10,15,26H,3,6-9H2,1-2H3. The van der Waals surface area contributed by atoms with Gasteiger partial charge in [0.05, 0.1) is 10.9 Å². The highest BCUT2D eigenvalue weighted by Gasteiger charge is 2.32. The minimum absolute atomic E-state index is 0.136. The van der Waals surface area contributed by atoms with Crippen LogP contribution >= 0.6 is 34.5 Å². The maximum Gasteiger partial charge on any atom is 0.230 e. The molecule has 0 bridgehead atoms. The van der Waals surface area contributed by atoms with E-state index in [4.69, 9.17) is 23.2 Å². The van der Waals surface area contributed by atoms with Crippen molar-refractivity contribution >= 4 is 39.5 Å². The monoisotopic (exact) mass is 425 g/mol. The van der Waals surface area contributed by atoms with E-state index in [1.165, 1.54) is 15.9 Å². The number of hydrogen-bond acceptors (Lipinski definition) is 6. The van der Waals surface area contributed by atoms with Crippen LogP contribution in [0.2, 0.25) is 10.0 Å². The largest absolute Gasteiger partial charge is 0.492 e. The zero-order chi connectivity index (χ0) is 19.1. The van der Waals surface area contributed by atoms with Crippen molar-refractivity contribution in [3.05, 3.63) is 44.5 Å². The SMILES string of the molecule is CCc1nc2sc(C(c3ccc(Cl)cc3Cl)N3CCN(C)CC3)c(O)n2n1. The van der Waals surface area contributed by atoms with Crippen molar-refractivity contribution in [2.24, 2.45) is 0 Å². The highest BCUT2D eigenvalue weighted by atomic mass is 35.5. The van der Waals surface area contributed by atoms with Crippen LogP contribution in [0.4, 0.5) is 0 Å². The van der Waals surface area contributed by atoms with Gasteiger partial charge in [0, 0.05) is 42.6 Å². The van der Waals surface area contributed by atoms with E-state index in [1.54, 1.807) is 6.07 Å². The lowest BCUT2D eigenvalue weighted by Gasteiger charge is -2.38. The molecule has 27 heavy (non-hydrogen) atoms. The van der Waals surface area contributed by atoms with Crippen LogP contribution in [-0.2, 0) is 6.42 Å². The molecule has 144 valence electrons. The van der Waals surface area contributed by atoms with Crippen molar-refractivity contribution in [2.75, 3.05) is 33.2 Å². The molecular formula is C18H21Cl2N5OS. The molecule has 0 aliphatic carbocycles. The molecule has 9 heteroatoms. The number of nitrogens with zero attached hydrogens (tertiary/aromatic N) is 5. The molecule has 2 aromatic heterocycles. The quantitative estimate of drug-likeness (QED) is 0.690. The number of fused-ring (bicyclic) bond motifs is 1. The molecule has 0 spiro atoms. The Kier molecular flexibility index (Phi) is 5.31. The third-order valence-corrected chi connectivity index (χ3v) is 6.60. The van der Waals surface area contributed by atoms with Gasteiger partial charge < -0.3 is 10.0 Å². The number of halogens is 2. The van der Waals surface area contributed by atoms with Crippen LogP contribution in [0.3, 0.4) is 0 Å². The minimum atomic E-state index is -0.165. The van der Waals surface area contributed by atoms with Crippen LogP contribution in [0.5, 0.6) is 5.88 Å². The molecule has 0 radical (unpaired) electrons. The first-order valence-corrected chi connectivity index (χ1v) is 10.5. The summed E-state index contributed by atoms with van der Waals surface area (Å²) in [6, 6.07) is 5.38. The Labute approximate surface area is 171 Å². The van der Waals surface area contributed by atoms with Crippen molar-refractivity contribution in [1.29, 1.82) is 0 Å². The Morgan fingerprint density at radius 2 is 1.96 bits per heavy atom. The van der Waals surface area contributed by atoms with Crippen LogP contribution in [0.1, 0.15) is 29.2 Å². The molecule has 1 unspecified atom stereocenters. The van der Waals surface area contributed by atoms with Crippen molar-refractivity contribution in [3.63, 3.8) is 0 Å². The van der Waals surface area contributed by atoms with Crippen molar-refractivity contribution < 1.29 is 5.11 Å². The lowest BCUT2D eigenvalue weighted by molar-refractivity contribution is 0.127. The van der Waals surface area contributed by atoms with Gasteiger partial charge in [-0.1, -0.05) is 47.5 Å². The summed E-state index contributed by atoms with van der Waals surface area (Å²) in [5.74, 6) is 0.862. The lowest BCUT2D eigenvalue weighted by atomic mass is 10.0. The molecule has 6 nitrogen and oxygen atoms in total. The maximum absolute atomic E-state index is 10.9. The fraction of sp³-hybridized carbons (Fsp3) is 0.444. The molecule has 3 heterocycles. The predicted molar refractivity (Wildman–Crippen MR) is 109 cm³/mol. The molecular weight excluding hydrogens is 405 g/mol. The molecule has 3 aromatic rings. The molecule has 1 fully saturated rings. The van der Waals surface area contributed by atoms with Crippen LogP contribution in [-0.4, -0.2) is 62.7 Å². The number of rotatable bonds is 4. The van der Waals surface area contributed by atoms with E-state index in [9.17, 15) is 5.11 Å². The van der Waals surface area contributed by atoms with E-state index in [0.29, 0.717) is 15.0 Å². The smallest absolute Gasteiger partial charge is 0.230 e. The van der Waals surface area contributed by atoms with Crippen LogP contribution in [0.25, 0.3) is 4.96 Å². The van der Waals surface area contributed by atoms with Gasteiger partial charge in [-0.25, -0.2) is 4.98 Å². The second kappa shape index (κ2) is 7.56. The number of aromatic nitrogens is 3. The van der Waals surface area contributed by atoms with Crippen molar-refractivity contribution in [2.45, 2.75) is 19.4 Å². The first-order chi connectivity index (χ1) is 13.0.